The van der Waals surface area contributed by atoms with E-state index >= 15 is 0 Å². The Bertz CT molecular complexity index is 103. The van der Waals surface area contributed by atoms with Crippen LogP contribution in [-0.4, -0.2) is 32.1 Å². The highest BCUT2D eigenvalue weighted by Crippen LogP contribution is 1.74. The van der Waals surface area contributed by atoms with Crippen molar-refractivity contribution >= 4 is 0 Å². The molecular formula is C7H17N3. The number of allylic oxidation sites excluding steroid dienone is 1. The summed E-state index contributed by atoms with van der Waals surface area (Å²) in [5.41, 5.74) is 6.21. The lowest BCUT2D eigenvalue weighted by atomic mass is 10.5. The van der Waals surface area contributed by atoms with Crippen LogP contribution in [0, 0.1) is 0 Å². The lowest BCUT2D eigenvalue weighted by Gasteiger charge is -2.08. The maximum atomic E-state index is 5.39. The molecule has 0 heterocycles. The lowest BCUT2D eigenvalue weighted by Crippen LogP contribution is -2.23. The third kappa shape index (κ3) is 7.30. The van der Waals surface area contributed by atoms with Gasteiger partial charge in [0.05, 0.1) is 0 Å². The number of nitrogens with one attached hydrogen (secondary N) is 1. The first-order valence-corrected chi connectivity index (χ1v) is 3.43. The van der Waals surface area contributed by atoms with E-state index in [4.69, 9.17) is 5.73 Å². The van der Waals surface area contributed by atoms with Crippen molar-refractivity contribution in [1.82, 2.24) is 10.2 Å². The van der Waals surface area contributed by atoms with E-state index in [0.29, 0.717) is 0 Å². The van der Waals surface area contributed by atoms with Crippen LogP contribution in [0.4, 0.5) is 0 Å². The van der Waals surface area contributed by atoms with E-state index in [0.717, 1.165) is 18.8 Å². The van der Waals surface area contributed by atoms with Crippen LogP contribution in [0.2, 0.25) is 0 Å². The van der Waals surface area contributed by atoms with Crippen LogP contribution in [0.3, 0.4) is 0 Å². The molecule has 0 aromatic carbocycles. The maximum Gasteiger partial charge on any atom is 0.0269 e. The Labute approximate surface area is 62.9 Å². The van der Waals surface area contributed by atoms with Gasteiger partial charge in [-0.05, 0) is 21.0 Å². The molecule has 3 heteroatoms. The summed E-state index contributed by atoms with van der Waals surface area (Å²) in [5.74, 6) is 0. The molecule has 0 amide bonds. The molecule has 0 aliphatic heterocycles. The molecule has 0 aliphatic rings. The molecule has 0 spiro atoms. The van der Waals surface area contributed by atoms with E-state index in [2.05, 4.69) is 10.2 Å². The van der Waals surface area contributed by atoms with Gasteiger partial charge in [0, 0.05) is 25.0 Å². The predicted molar refractivity (Wildman–Crippen MR) is 44.5 cm³/mol. The number of hydrogen-bond donors (Lipinski definition) is 2. The van der Waals surface area contributed by atoms with Crippen LogP contribution in [0.15, 0.2) is 11.9 Å². The van der Waals surface area contributed by atoms with E-state index in [-0.39, 0.29) is 0 Å². The van der Waals surface area contributed by atoms with Crippen molar-refractivity contribution in [1.29, 1.82) is 0 Å². The van der Waals surface area contributed by atoms with Crippen LogP contribution in [-0.2, 0) is 0 Å². The normalized spacial score (nSPS) is 12.2. The second-order valence-electron chi connectivity index (χ2n) is 2.65. The molecule has 3 N–H and O–H groups in total. The first kappa shape index (κ1) is 9.30. The summed E-state index contributed by atoms with van der Waals surface area (Å²) in [5, 5.41) is 3.09. The smallest absolute Gasteiger partial charge is 0.0269 e. The topological polar surface area (TPSA) is 41.3 Å². The Balaban J connectivity index is 3.13. The van der Waals surface area contributed by atoms with E-state index in [1.165, 1.54) is 0 Å². The monoisotopic (exact) mass is 143 g/mol. The third-order valence-electron chi connectivity index (χ3n) is 1.03. The van der Waals surface area contributed by atoms with Crippen molar-refractivity contribution in [2.75, 3.05) is 27.2 Å². The van der Waals surface area contributed by atoms with Crippen molar-refractivity contribution in [2.24, 2.45) is 5.73 Å². The van der Waals surface area contributed by atoms with E-state index in [1.54, 1.807) is 0 Å². The van der Waals surface area contributed by atoms with Crippen molar-refractivity contribution in [3.8, 4) is 0 Å². The second kappa shape index (κ2) is 5.11. The van der Waals surface area contributed by atoms with Crippen molar-refractivity contribution < 1.29 is 0 Å². The van der Waals surface area contributed by atoms with Crippen LogP contribution in [0.25, 0.3) is 0 Å². The summed E-state index contributed by atoms with van der Waals surface area (Å²) in [6.45, 7) is 3.84. The predicted octanol–water partition coefficient (Wildman–Crippen LogP) is -0.0424. The summed E-state index contributed by atoms with van der Waals surface area (Å²) < 4.78 is 0. The molecule has 0 saturated heterocycles. The molecule has 0 atom stereocenters. The Morgan fingerprint density at radius 3 is 2.60 bits per heavy atom. The van der Waals surface area contributed by atoms with Crippen LogP contribution in [0.5, 0.6) is 0 Å². The number of rotatable bonds is 4. The Morgan fingerprint density at radius 1 is 1.60 bits per heavy atom. The molecule has 10 heavy (non-hydrogen) atoms. The maximum absolute atomic E-state index is 5.39. The SMILES string of the molecule is C/C(N)=C/NCCN(C)C. The van der Waals surface area contributed by atoms with Gasteiger partial charge < -0.3 is 16.0 Å². The Hall–Kier alpha value is -0.700. The van der Waals surface area contributed by atoms with Gasteiger partial charge in [-0.3, -0.25) is 0 Å². The fourth-order valence-electron chi connectivity index (χ4n) is 0.521. The fourth-order valence-corrected chi connectivity index (χ4v) is 0.521. The molecule has 0 aromatic heterocycles. The minimum absolute atomic E-state index is 0.818. The molecule has 0 aromatic rings. The van der Waals surface area contributed by atoms with Gasteiger partial charge in [0.2, 0.25) is 0 Å². The highest BCUT2D eigenvalue weighted by Gasteiger charge is 1.85. The van der Waals surface area contributed by atoms with Gasteiger partial charge in [0.1, 0.15) is 0 Å². The number of likely N-dealkylation sites (N-methyl/N-ethyl adjacent to an activating group) is 1. The summed E-state index contributed by atoms with van der Waals surface area (Å²) >= 11 is 0. The van der Waals surface area contributed by atoms with E-state index < -0.39 is 0 Å². The van der Waals surface area contributed by atoms with E-state index in [1.807, 2.05) is 27.2 Å². The number of hydrogen-bond acceptors (Lipinski definition) is 3. The molecule has 0 saturated carbocycles. The highest BCUT2D eigenvalue weighted by molar-refractivity contribution is 4.88. The molecule has 60 valence electrons. The zero-order valence-corrected chi connectivity index (χ0v) is 7.02. The largest absolute Gasteiger partial charge is 0.401 e. The highest BCUT2D eigenvalue weighted by atomic mass is 15.1. The van der Waals surface area contributed by atoms with Gasteiger partial charge in [0.25, 0.3) is 0 Å². The number of nitrogens with zero attached hydrogens (tertiary/aromatic N) is 1. The first-order chi connectivity index (χ1) is 4.63. The summed E-state index contributed by atoms with van der Waals surface area (Å²) in [4.78, 5) is 2.12. The zero-order chi connectivity index (χ0) is 7.98. The van der Waals surface area contributed by atoms with Gasteiger partial charge in [-0.15, -0.1) is 0 Å². The Kier molecular flexibility index (Phi) is 4.76. The minimum atomic E-state index is 0.818. The van der Waals surface area contributed by atoms with Gasteiger partial charge in [-0.2, -0.15) is 0 Å². The molecule has 0 aliphatic carbocycles. The third-order valence-corrected chi connectivity index (χ3v) is 1.03. The van der Waals surface area contributed by atoms with Crippen molar-refractivity contribution in [3.05, 3.63) is 11.9 Å². The van der Waals surface area contributed by atoms with Gasteiger partial charge in [-0.25, -0.2) is 0 Å². The van der Waals surface area contributed by atoms with Crippen LogP contribution in [0.1, 0.15) is 6.92 Å². The zero-order valence-electron chi connectivity index (χ0n) is 7.02. The molecule has 0 radical (unpaired) electrons. The minimum Gasteiger partial charge on any atom is -0.401 e. The van der Waals surface area contributed by atoms with Crippen molar-refractivity contribution in [2.45, 2.75) is 6.92 Å². The average Bonchev–Trinajstić information content (AvgIpc) is 1.79. The van der Waals surface area contributed by atoms with E-state index in [9.17, 15) is 0 Å². The molecule has 3 nitrogen and oxygen atoms in total. The quantitative estimate of drug-likeness (QED) is 0.542. The summed E-state index contributed by atoms with van der Waals surface area (Å²) in [7, 11) is 4.08. The lowest BCUT2D eigenvalue weighted by molar-refractivity contribution is 0.410. The fraction of sp³-hybridized carbons (Fsp3) is 0.714. The molecular weight excluding hydrogens is 126 g/mol. The van der Waals surface area contributed by atoms with Crippen LogP contribution >= 0.6 is 0 Å². The Morgan fingerprint density at radius 2 is 2.20 bits per heavy atom. The van der Waals surface area contributed by atoms with Crippen LogP contribution < -0.4 is 11.1 Å². The summed E-state index contributed by atoms with van der Waals surface area (Å²) in [6.07, 6.45) is 1.82. The molecule has 0 bridgehead atoms. The van der Waals surface area contributed by atoms with Gasteiger partial charge in [-0.1, -0.05) is 0 Å². The number of nitrogens with two attached hydrogens (primary N) is 1. The molecule has 0 fully saturated rings. The van der Waals surface area contributed by atoms with Crippen molar-refractivity contribution in [3.63, 3.8) is 0 Å². The average molecular weight is 143 g/mol. The first-order valence-electron chi connectivity index (χ1n) is 3.43. The van der Waals surface area contributed by atoms with Gasteiger partial charge >= 0.3 is 0 Å². The summed E-state index contributed by atoms with van der Waals surface area (Å²) in [6, 6.07) is 0. The van der Waals surface area contributed by atoms with Gasteiger partial charge in [0.15, 0.2) is 0 Å². The standard InChI is InChI=1S/C7H17N3/c1-7(8)6-9-4-5-10(2)3/h6,9H,4-5,8H2,1-3H3/b7-6-. The molecule has 0 rings (SSSR count). The second-order valence-corrected chi connectivity index (χ2v) is 2.65. The molecule has 0 unspecified atom stereocenters.